The standard InChI is InChI=1S/C16H19FN2O2/c1-18-8-5-16(15(18)21)6-9-19(10-7-16)14(20)12-3-2-4-13(17)11-12/h2-4,11H,5-10H2,1H3. The van der Waals surface area contributed by atoms with Crippen LogP contribution < -0.4 is 0 Å². The van der Waals surface area contributed by atoms with Gasteiger partial charge in [0.15, 0.2) is 0 Å². The SMILES string of the molecule is CN1CCC2(CCN(C(=O)c3cccc(F)c3)CC2)C1=O. The van der Waals surface area contributed by atoms with Gasteiger partial charge in [0.2, 0.25) is 5.91 Å². The first kappa shape index (κ1) is 14.0. The van der Waals surface area contributed by atoms with E-state index >= 15 is 0 Å². The number of rotatable bonds is 1. The van der Waals surface area contributed by atoms with E-state index in [4.69, 9.17) is 0 Å². The Morgan fingerprint density at radius 2 is 1.86 bits per heavy atom. The molecule has 112 valence electrons. The minimum Gasteiger partial charge on any atom is -0.345 e. The Labute approximate surface area is 123 Å². The Balaban J connectivity index is 1.69. The van der Waals surface area contributed by atoms with E-state index in [1.165, 1.54) is 12.1 Å². The fourth-order valence-electron chi connectivity index (χ4n) is 3.40. The molecule has 4 nitrogen and oxygen atoms in total. The van der Waals surface area contributed by atoms with Crippen LogP contribution in [0.1, 0.15) is 29.6 Å². The maximum absolute atomic E-state index is 13.2. The van der Waals surface area contributed by atoms with Crippen molar-refractivity contribution >= 4 is 11.8 Å². The monoisotopic (exact) mass is 290 g/mol. The molecule has 1 aromatic carbocycles. The van der Waals surface area contributed by atoms with Gasteiger partial charge in [0.1, 0.15) is 5.82 Å². The van der Waals surface area contributed by atoms with E-state index < -0.39 is 5.82 Å². The van der Waals surface area contributed by atoms with Gasteiger partial charge in [0.25, 0.3) is 5.91 Å². The van der Waals surface area contributed by atoms with Gasteiger partial charge >= 0.3 is 0 Å². The van der Waals surface area contributed by atoms with Gasteiger partial charge < -0.3 is 9.80 Å². The lowest BCUT2D eigenvalue weighted by atomic mass is 9.77. The zero-order valence-electron chi connectivity index (χ0n) is 12.1. The lowest BCUT2D eigenvalue weighted by molar-refractivity contribution is -0.137. The van der Waals surface area contributed by atoms with Crippen molar-refractivity contribution < 1.29 is 14.0 Å². The maximum atomic E-state index is 13.2. The van der Waals surface area contributed by atoms with Crippen molar-refractivity contribution in [3.05, 3.63) is 35.6 Å². The van der Waals surface area contributed by atoms with Crippen LogP contribution in [0.3, 0.4) is 0 Å². The third kappa shape index (κ3) is 2.41. The summed E-state index contributed by atoms with van der Waals surface area (Å²) in [7, 11) is 1.83. The number of benzene rings is 1. The number of carbonyl (C=O) groups excluding carboxylic acids is 2. The van der Waals surface area contributed by atoms with E-state index in [1.807, 2.05) is 7.05 Å². The van der Waals surface area contributed by atoms with Crippen LogP contribution in [0.4, 0.5) is 4.39 Å². The van der Waals surface area contributed by atoms with E-state index in [-0.39, 0.29) is 17.2 Å². The fraction of sp³-hybridized carbons (Fsp3) is 0.500. The number of hydrogen-bond acceptors (Lipinski definition) is 2. The Kier molecular flexibility index (Phi) is 3.43. The van der Waals surface area contributed by atoms with Crippen LogP contribution >= 0.6 is 0 Å². The van der Waals surface area contributed by atoms with Crippen LogP contribution in [0.15, 0.2) is 24.3 Å². The molecule has 0 atom stereocenters. The smallest absolute Gasteiger partial charge is 0.253 e. The van der Waals surface area contributed by atoms with Crippen LogP contribution in [-0.4, -0.2) is 48.3 Å². The maximum Gasteiger partial charge on any atom is 0.253 e. The van der Waals surface area contributed by atoms with Crippen molar-refractivity contribution in [3.63, 3.8) is 0 Å². The van der Waals surface area contributed by atoms with Crippen molar-refractivity contribution in [2.75, 3.05) is 26.7 Å². The third-order valence-corrected chi connectivity index (χ3v) is 4.81. The molecular weight excluding hydrogens is 271 g/mol. The highest BCUT2D eigenvalue weighted by Gasteiger charge is 2.47. The Bertz CT molecular complexity index is 579. The summed E-state index contributed by atoms with van der Waals surface area (Å²) < 4.78 is 13.2. The molecule has 2 fully saturated rings. The van der Waals surface area contributed by atoms with E-state index in [1.54, 1.807) is 21.9 Å². The summed E-state index contributed by atoms with van der Waals surface area (Å²) in [5.41, 5.74) is 0.105. The quantitative estimate of drug-likeness (QED) is 0.792. The Morgan fingerprint density at radius 1 is 1.19 bits per heavy atom. The third-order valence-electron chi connectivity index (χ3n) is 4.81. The summed E-state index contributed by atoms with van der Waals surface area (Å²) in [6.45, 7) is 1.93. The van der Waals surface area contributed by atoms with Gasteiger partial charge in [0.05, 0.1) is 5.41 Å². The summed E-state index contributed by atoms with van der Waals surface area (Å²) >= 11 is 0. The van der Waals surface area contributed by atoms with Crippen molar-refractivity contribution in [1.82, 2.24) is 9.80 Å². The Morgan fingerprint density at radius 3 is 2.43 bits per heavy atom. The lowest BCUT2D eigenvalue weighted by Gasteiger charge is -2.37. The summed E-state index contributed by atoms with van der Waals surface area (Å²) in [6.07, 6.45) is 2.29. The molecule has 2 aliphatic heterocycles. The van der Waals surface area contributed by atoms with E-state index in [9.17, 15) is 14.0 Å². The fourth-order valence-corrected chi connectivity index (χ4v) is 3.40. The number of carbonyl (C=O) groups is 2. The zero-order chi connectivity index (χ0) is 15.0. The molecule has 3 rings (SSSR count). The number of likely N-dealkylation sites (tertiary alicyclic amines) is 2. The highest BCUT2D eigenvalue weighted by molar-refractivity contribution is 5.94. The summed E-state index contributed by atoms with van der Waals surface area (Å²) in [6, 6.07) is 5.77. The van der Waals surface area contributed by atoms with Gasteiger partial charge in [-0.3, -0.25) is 9.59 Å². The Hall–Kier alpha value is -1.91. The molecule has 1 spiro atoms. The van der Waals surface area contributed by atoms with Crippen LogP contribution in [0.25, 0.3) is 0 Å². The summed E-state index contributed by atoms with van der Waals surface area (Å²) in [4.78, 5) is 28.1. The molecule has 2 aliphatic rings. The first-order valence-corrected chi connectivity index (χ1v) is 7.32. The molecule has 0 radical (unpaired) electrons. The largest absolute Gasteiger partial charge is 0.345 e. The number of halogens is 1. The second-order valence-corrected chi connectivity index (χ2v) is 6.06. The molecule has 21 heavy (non-hydrogen) atoms. The van der Waals surface area contributed by atoms with Crippen molar-refractivity contribution in [2.45, 2.75) is 19.3 Å². The second-order valence-electron chi connectivity index (χ2n) is 6.06. The highest BCUT2D eigenvalue weighted by Crippen LogP contribution is 2.41. The molecule has 0 N–H and O–H groups in total. The van der Waals surface area contributed by atoms with Gasteiger partial charge in [-0.2, -0.15) is 0 Å². The van der Waals surface area contributed by atoms with Crippen LogP contribution in [0, 0.1) is 11.2 Å². The minimum atomic E-state index is -0.401. The average Bonchev–Trinajstić information content (AvgIpc) is 2.76. The van der Waals surface area contributed by atoms with Gasteiger partial charge in [-0.25, -0.2) is 4.39 Å². The second kappa shape index (κ2) is 5.13. The molecular formula is C16H19FN2O2. The van der Waals surface area contributed by atoms with Crippen molar-refractivity contribution in [2.24, 2.45) is 5.41 Å². The number of piperidine rings is 1. The molecule has 2 heterocycles. The van der Waals surface area contributed by atoms with Crippen molar-refractivity contribution in [3.8, 4) is 0 Å². The molecule has 0 aromatic heterocycles. The van der Waals surface area contributed by atoms with E-state index in [0.717, 1.165) is 13.0 Å². The van der Waals surface area contributed by atoms with Gasteiger partial charge in [-0.15, -0.1) is 0 Å². The number of hydrogen-bond donors (Lipinski definition) is 0. The van der Waals surface area contributed by atoms with Crippen LogP contribution in [-0.2, 0) is 4.79 Å². The summed E-state index contributed by atoms with van der Waals surface area (Å²) in [5.74, 6) is -0.342. The van der Waals surface area contributed by atoms with Crippen LogP contribution in [0.2, 0.25) is 0 Å². The highest BCUT2D eigenvalue weighted by atomic mass is 19.1. The molecule has 2 saturated heterocycles. The molecule has 0 saturated carbocycles. The average molecular weight is 290 g/mol. The van der Waals surface area contributed by atoms with Crippen LogP contribution in [0.5, 0.6) is 0 Å². The van der Waals surface area contributed by atoms with Gasteiger partial charge in [0, 0.05) is 32.2 Å². The van der Waals surface area contributed by atoms with Gasteiger partial charge in [-0.05, 0) is 37.5 Å². The van der Waals surface area contributed by atoms with E-state index in [2.05, 4.69) is 0 Å². The van der Waals surface area contributed by atoms with Crippen molar-refractivity contribution in [1.29, 1.82) is 0 Å². The van der Waals surface area contributed by atoms with Gasteiger partial charge in [-0.1, -0.05) is 6.07 Å². The molecule has 2 amide bonds. The predicted octanol–water partition coefficient (Wildman–Crippen LogP) is 1.91. The minimum absolute atomic E-state index is 0.150. The molecule has 1 aromatic rings. The lowest BCUT2D eigenvalue weighted by Crippen LogP contribution is -2.46. The number of amides is 2. The summed E-state index contributed by atoms with van der Waals surface area (Å²) in [5, 5.41) is 0. The molecule has 0 bridgehead atoms. The first-order valence-electron chi connectivity index (χ1n) is 7.32. The molecule has 0 unspecified atom stereocenters. The number of nitrogens with zero attached hydrogens (tertiary/aromatic N) is 2. The topological polar surface area (TPSA) is 40.6 Å². The normalized spacial score (nSPS) is 21.1. The first-order chi connectivity index (χ1) is 10.0. The molecule has 5 heteroatoms. The zero-order valence-corrected chi connectivity index (χ0v) is 12.1. The predicted molar refractivity (Wildman–Crippen MR) is 76.2 cm³/mol. The molecule has 0 aliphatic carbocycles. The van der Waals surface area contributed by atoms with E-state index in [0.29, 0.717) is 31.5 Å².